The molecule has 1 aliphatic heterocycles. The largest absolute Gasteiger partial charge is 0.497 e. The van der Waals surface area contributed by atoms with Gasteiger partial charge in [0.05, 0.1) is 12.6 Å². The van der Waals surface area contributed by atoms with Crippen LogP contribution in [0.25, 0.3) is 11.0 Å². The number of methoxy groups -OCH3 is 1. The monoisotopic (exact) mass is 403 g/mol. The Kier molecular flexibility index (Phi) is 4.15. The van der Waals surface area contributed by atoms with Gasteiger partial charge in [0, 0.05) is 10.5 Å². The first-order chi connectivity index (χ1) is 14.1. The van der Waals surface area contributed by atoms with Crippen LogP contribution in [0.4, 0.5) is 0 Å². The highest BCUT2D eigenvalue weighted by molar-refractivity contribution is 8.00. The summed E-state index contributed by atoms with van der Waals surface area (Å²) in [7, 11) is 1.66. The maximum absolute atomic E-state index is 12.5. The van der Waals surface area contributed by atoms with Gasteiger partial charge in [0.15, 0.2) is 10.5 Å². The van der Waals surface area contributed by atoms with Gasteiger partial charge < -0.3 is 9.84 Å². The lowest BCUT2D eigenvalue weighted by Crippen LogP contribution is -2.49. The van der Waals surface area contributed by atoms with Crippen LogP contribution in [0.5, 0.6) is 5.75 Å². The van der Waals surface area contributed by atoms with E-state index >= 15 is 0 Å². The quantitative estimate of drug-likeness (QED) is 0.542. The van der Waals surface area contributed by atoms with Crippen LogP contribution in [0, 0.1) is 0 Å². The lowest BCUT2D eigenvalue weighted by Gasteiger charge is -2.41. The van der Waals surface area contributed by atoms with E-state index in [-0.39, 0.29) is 0 Å². The summed E-state index contributed by atoms with van der Waals surface area (Å²) in [5.74, 6) is 0.766. The number of thioether (sulfide) groups is 1. The molecule has 0 radical (unpaired) electrons. The van der Waals surface area contributed by atoms with Gasteiger partial charge in [0.2, 0.25) is 0 Å². The highest BCUT2D eigenvalue weighted by atomic mass is 32.2. The Morgan fingerprint density at radius 2 is 1.79 bits per heavy atom. The Labute approximate surface area is 173 Å². The maximum Gasteiger partial charge on any atom is 0.151 e. The Morgan fingerprint density at radius 1 is 1.03 bits per heavy atom. The standard InChI is InChI=1S/C23H21N3O2S/c1-3-22(26-20-12-8-7-11-19(20)24-25-26)23(27,16-9-5-4-6-10-16)18-14-13-17(28-2)15-21(18)29-22/h4-15,27H,3H2,1-2H3. The molecule has 4 aromatic rings. The first-order valence-corrected chi connectivity index (χ1v) is 10.4. The third-order valence-corrected chi connectivity index (χ3v) is 7.44. The second-order valence-electron chi connectivity index (χ2n) is 7.17. The number of hydrogen-bond acceptors (Lipinski definition) is 5. The molecule has 0 bridgehead atoms. The second-order valence-corrected chi connectivity index (χ2v) is 8.49. The summed E-state index contributed by atoms with van der Waals surface area (Å²) >= 11 is 1.62. The molecule has 0 amide bonds. The molecule has 0 fully saturated rings. The highest BCUT2D eigenvalue weighted by Crippen LogP contribution is 2.63. The molecule has 6 heteroatoms. The Balaban J connectivity index is 1.84. The number of aromatic nitrogens is 3. The SMILES string of the molecule is CCC1(n2nnc3ccccc32)Sc2cc(OC)ccc2C1(O)c1ccccc1. The Morgan fingerprint density at radius 3 is 2.55 bits per heavy atom. The minimum atomic E-state index is -1.29. The van der Waals surface area contributed by atoms with E-state index in [4.69, 9.17) is 4.74 Å². The van der Waals surface area contributed by atoms with Crippen LogP contribution in [-0.4, -0.2) is 27.2 Å². The van der Waals surface area contributed by atoms with Crippen molar-refractivity contribution in [2.75, 3.05) is 7.11 Å². The minimum absolute atomic E-state index is 0.646. The molecule has 1 N–H and O–H groups in total. The van der Waals surface area contributed by atoms with E-state index in [9.17, 15) is 5.11 Å². The van der Waals surface area contributed by atoms with Crippen LogP contribution < -0.4 is 4.74 Å². The number of aliphatic hydroxyl groups is 1. The van der Waals surface area contributed by atoms with Crippen molar-refractivity contribution in [1.82, 2.24) is 15.0 Å². The minimum Gasteiger partial charge on any atom is -0.497 e. The summed E-state index contributed by atoms with van der Waals surface area (Å²) in [6.45, 7) is 2.08. The molecule has 1 aromatic heterocycles. The summed E-state index contributed by atoms with van der Waals surface area (Å²) < 4.78 is 7.34. The van der Waals surface area contributed by atoms with Gasteiger partial charge in [0.25, 0.3) is 0 Å². The number of para-hydroxylation sites is 1. The molecule has 0 saturated carbocycles. The lowest BCUT2D eigenvalue weighted by atomic mass is 9.78. The molecule has 5 rings (SSSR count). The van der Waals surface area contributed by atoms with Crippen LogP contribution >= 0.6 is 11.8 Å². The van der Waals surface area contributed by atoms with Gasteiger partial charge in [-0.05, 0) is 36.2 Å². The molecule has 2 heterocycles. The predicted molar refractivity (Wildman–Crippen MR) is 114 cm³/mol. The summed E-state index contributed by atoms with van der Waals surface area (Å²) in [4.78, 5) is 0.191. The van der Waals surface area contributed by atoms with Gasteiger partial charge >= 0.3 is 0 Å². The van der Waals surface area contributed by atoms with Crippen molar-refractivity contribution in [3.63, 3.8) is 0 Å². The second kappa shape index (κ2) is 6.61. The third-order valence-electron chi connectivity index (χ3n) is 5.79. The van der Waals surface area contributed by atoms with Gasteiger partial charge in [-0.3, -0.25) is 0 Å². The van der Waals surface area contributed by atoms with Crippen molar-refractivity contribution in [3.05, 3.63) is 83.9 Å². The van der Waals surface area contributed by atoms with Gasteiger partial charge in [-0.1, -0.05) is 72.4 Å². The molecular formula is C23H21N3O2S. The molecule has 0 aliphatic carbocycles. The molecule has 3 aromatic carbocycles. The van der Waals surface area contributed by atoms with Crippen molar-refractivity contribution in [2.45, 2.75) is 28.7 Å². The number of fused-ring (bicyclic) bond motifs is 2. The molecule has 5 nitrogen and oxygen atoms in total. The van der Waals surface area contributed by atoms with E-state index in [0.717, 1.165) is 32.8 Å². The van der Waals surface area contributed by atoms with Crippen molar-refractivity contribution >= 4 is 22.8 Å². The van der Waals surface area contributed by atoms with Gasteiger partial charge in [-0.25, -0.2) is 4.68 Å². The van der Waals surface area contributed by atoms with Crippen molar-refractivity contribution in [3.8, 4) is 5.75 Å². The van der Waals surface area contributed by atoms with Crippen molar-refractivity contribution in [2.24, 2.45) is 0 Å². The molecule has 2 unspecified atom stereocenters. The first kappa shape index (κ1) is 18.2. The van der Waals surface area contributed by atoms with Crippen LogP contribution in [0.2, 0.25) is 0 Å². The smallest absolute Gasteiger partial charge is 0.151 e. The van der Waals surface area contributed by atoms with E-state index in [0.29, 0.717) is 6.42 Å². The predicted octanol–water partition coefficient (Wildman–Crippen LogP) is 4.54. The number of ether oxygens (including phenoxy) is 1. The number of rotatable bonds is 4. The molecule has 0 spiro atoms. The molecule has 2 atom stereocenters. The van der Waals surface area contributed by atoms with Crippen molar-refractivity contribution in [1.29, 1.82) is 0 Å². The average molecular weight is 404 g/mol. The number of nitrogens with zero attached hydrogens (tertiary/aromatic N) is 3. The van der Waals surface area contributed by atoms with Gasteiger partial charge in [-0.15, -0.1) is 5.10 Å². The van der Waals surface area contributed by atoms with E-state index in [1.807, 2.05) is 77.5 Å². The normalized spacial score (nSPS) is 23.3. The van der Waals surface area contributed by atoms with Crippen molar-refractivity contribution < 1.29 is 9.84 Å². The van der Waals surface area contributed by atoms with Crippen LogP contribution in [0.15, 0.2) is 77.7 Å². The van der Waals surface area contributed by atoms with Gasteiger partial charge in [0.1, 0.15) is 11.3 Å². The molecule has 146 valence electrons. The van der Waals surface area contributed by atoms with E-state index in [1.54, 1.807) is 18.9 Å². The van der Waals surface area contributed by atoms with E-state index < -0.39 is 10.5 Å². The fraction of sp³-hybridized carbons (Fsp3) is 0.217. The van der Waals surface area contributed by atoms with E-state index in [2.05, 4.69) is 17.2 Å². The topological polar surface area (TPSA) is 60.2 Å². The average Bonchev–Trinajstić information content (AvgIpc) is 3.32. The van der Waals surface area contributed by atoms with Gasteiger partial charge in [-0.2, -0.15) is 0 Å². The summed E-state index contributed by atoms with van der Waals surface area (Å²) in [5, 5.41) is 21.4. The maximum atomic E-state index is 12.5. The zero-order valence-electron chi connectivity index (χ0n) is 16.2. The molecule has 1 aliphatic rings. The molecular weight excluding hydrogens is 382 g/mol. The zero-order chi connectivity index (χ0) is 20.1. The van der Waals surface area contributed by atoms with Crippen LogP contribution in [0.3, 0.4) is 0 Å². The number of hydrogen-bond donors (Lipinski definition) is 1. The number of benzene rings is 3. The van der Waals surface area contributed by atoms with Crippen LogP contribution in [0.1, 0.15) is 24.5 Å². The Bertz CT molecular complexity index is 1190. The first-order valence-electron chi connectivity index (χ1n) is 9.60. The fourth-order valence-corrected chi connectivity index (χ4v) is 5.96. The summed E-state index contributed by atoms with van der Waals surface area (Å²) in [6, 6.07) is 23.6. The molecule has 29 heavy (non-hydrogen) atoms. The summed E-state index contributed by atoms with van der Waals surface area (Å²) in [5.41, 5.74) is 2.11. The van der Waals surface area contributed by atoms with Crippen LogP contribution in [-0.2, 0) is 10.5 Å². The third kappa shape index (κ3) is 2.39. The zero-order valence-corrected chi connectivity index (χ0v) is 17.1. The molecule has 0 saturated heterocycles. The highest BCUT2D eigenvalue weighted by Gasteiger charge is 2.60. The van der Waals surface area contributed by atoms with E-state index in [1.165, 1.54) is 0 Å². The lowest BCUT2D eigenvalue weighted by molar-refractivity contribution is 0.000237. The summed E-state index contributed by atoms with van der Waals surface area (Å²) in [6.07, 6.45) is 0.646. The Hall–Kier alpha value is -2.83. The fourth-order valence-electron chi connectivity index (χ4n) is 4.35.